The fraction of sp³-hybridized carbons (Fsp3) is 0.688. The van der Waals surface area contributed by atoms with Crippen molar-refractivity contribution < 1.29 is 4.79 Å². The number of hydrogen-bond acceptors (Lipinski definition) is 5. The fourth-order valence-electron chi connectivity index (χ4n) is 3.12. The van der Waals surface area contributed by atoms with Crippen molar-refractivity contribution in [2.75, 3.05) is 44.4 Å². The number of Topliss-reactive ketones (excluding diaryl/α,β-unsaturated/α-hetero) is 1. The summed E-state index contributed by atoms with van der Waals surface area (Å²) >= 11 is 1.60. The molecule has 116 valence electrons. The third-order valence-corrected chi connectivity index (χ3v) is 5.70. The molecule has 1 aliphatic heterocycles. The van der Waals surface area contributed by atoms with Crippen LogP contribution in [-0.2, 0) is 0 Å². The highest BCUT2D eigenvalue weighted by molar-refractivity contribution is 7.18. The van der Waals surface area contributed by atoms with Gasteiger partial charge in [0, 0.05) is 25.6 Å². The molecule has 1 saturated carbocycles. The molecule has 1 saturated heterocycles. The smallest absolute Gasteiger partial charge is 0.178 e. The second-order valence-corrected chi connectivity index (χ2v) is 7.73. The van der Waals surface area contributed by atoms with E-state index in [2.05, 4.69) is 23.9 Å². The number of piperidine rings is 1. The summed E-state index contributed by atoms with van der Waals surface area (Å²) in [6.07, 6.45) is 4.53. The van der Waals surface area contributed by atoms with Crippen molar-refractivity contribution in [3.05, 3.63) is 10.9 Å². The molecule has 0 radical (unpaired) electrons. The van der Waals surface area contributed by atoms with Gasteiger partial charge in [-0.3, -0.25) is 4.79 Å². The van der Waals surface area contributed by atoms with E-state index in [0.717, 1.165) is 36.7 Å². The number of anilines is 2. The van der Waals surface area contributed by atoms with E-state index in [0.29, 0.717) is 5.69 Å². The molecule has 0 spiro atoms. The Bertz CT molecular complexity index is 514. The van der Waals surface area contributed by atoms with E-state index in [9.17, 15) is 4.79 Å². The van der Waals surface area contributed by atoms with Crippen LogP contribution in [0.25, 0.3) is 0 Å². The average Bonchev–Trinajstić information content (AvgIpc) is 3.21. The van der Waals surface area contributed by atoms with Gasteiger partial charge in [-0.05, 0) is 51.8 Å². The SMILES string of the molecule is CN(C)CC1CCN(c2cc(N)c(C(=O)C3CC3)s2)CC1. The first-order valence-electron chi connectivity index (χ1n) is 7.88. The van der Waals surface area contributed by atoms with Crippen LogP contribution in [0.1, 0.15) is 35.4 Å². The van der Waals surface area contributed by atoms with Crippen LogP contribution in [0.15, 0.2) is 6.07 Å². The molecule has 2 aliphatic rings. The molecular weight excluding hydrogens is 282 g/mol. The summed E-state index contributed by atoms with van der Waals surface area (Å²) in [6.45, 7) is 3.33. The lowest BCUT2D eigenvalue weighted by molar-refractivity contribution is 0.0972. The summed E-state index contributed by atoms with van der Waals surface area (Å²) in [7, 11) is 4.28. The van der Waals surface area contributed by atoms with Gasteiger partial charge in [0.1, 0.15) is 0 Å². The molecule has 5 heteroatoms. The van der Waals surface area contributed by atoms with Crippen LogP contribution in [0.3, 0.4) is 0 Å². The minimum atomic E-state index is 0.254. The van der Waals surface area contributed by atoms with Crippen LogP contribution < -0.4 is 10.6 Å². The second kappa shape index (κ2) is 5.97. The highest BCUT2D eigenvalue weighted by Gasteiger charge is 2.33. The predicted molar refractivity (Wildman–Crippen MR) is 89.3 cm³/mol. The molecule has 21 heavy (non-hydrogen) atoms. The van der Waals surface area contributed by atoms with Gasteiger partial charge in [-0.2, -0.15) is 0 Å². The van der Waals surface area contributed by atoms with Gasteiger partial charge >= 0.3 is 0 Å². The van der Waals surface area contributed by atoms with Crippen molar-refractivity contribution in [1.29, 1.82) is 0 Å². The summed E-state index contributed by atoms with van der Waals surface area (Å²) in [5.41, 5.74) is 6.75. The third-order valence-electron chi connectivity index (χ3n) is 4.47. The Kier molecular flexibility index (Phi) is 4.22. The lowest BCUT2D eigenvalue weighted by Gasteiger charge is -2.33. The van der Waals surface area contributed by atoms with Gasteiger partial charge in [0.15, 0.2) is 5.78 Å². The predicted octanol–water partition coefficient (Wildman–Crippen LogP) is 2.70. The minimum Gasteiger partial charge on any atom is -0.397 e. The highest BCUT2D eigenvalue weighted by Crippen LogP contribution is 2.40. The zero-order valence-corrected chi connectivity index (χ0v) is 13.8. The first kappa shape index (κ1) is 14.9. The van der Waals surface area contributed by atoms with Gasteiger partial charge in [0.05, 0.1) is 15.6 Å². The van der Waals surface area contributed by atoms with Crippen molar-refractivity contribution in [3.8, 4) is 0 Å². The Labute approximate surface area is 130 Å². The first-order valence-corrected chi connectivity index (χ1v) is 8.69. The van der Waals surface area contributed by atoms with Gasteiger partial charge < -0.3 is 15.5 Å². The first-order chi connectivity index (χ1) is 10.0. The summed E-state index contributed by atoms with van der Waals surface area (Å²) < 4.78 is 0. The van der Waals surface area contributed by atoms with Crippen LogP contribution in [0.5, 0.6) is 0 Å². The molecule has 0 aromatic carbocycles. The Morgan fingerprint density at radius 3 is 2.57 bits per heavy atom. The van der Waals surface area contributed by atoms with Crippen molar-refractivity contribution in [2.45, 2.75) is 25.7 Å². The Morgan fingerprint density at radius 2 is 2.00 bits per heavy atom. The zero-order valence-electron chi connectivity index (χ0n) is 13.0. The van der Waals surface area contributed by atoms with E-state index in [-0.39, 0.29) is 11.7 Å². The van der Waals surface area contributed by atoms with E-state index in [1.807, 2.05) is 6.07 Å². The standard InChI is InChI=1S/C16H25N3OS/c1-18(2)10-11-5-7-19(8-6-11)14-9-13(17)16(21-14)15(20)12-3-4-12/h9,11-12H,3-8,10,17H2,1-2H3. The van der Waals surface area contributed by atoms with Gasteiger partial charge in [0.2, 0.25) is 0 Å². The van der Waals surface area contributed by atoms with Gasteiger partial charge in [-0.25, -0.2) is 0 Å². The van der Waals surface area contributed by atoms with E-state index < -0.39 is 0 Å². The molecule has 0 unspecified atom stereocenters. The Morgan fingerprint density at radius 1 is 1.33 bits per heavy atom. The van der Waals surface area contributed by atoms with E-state index in [1.165, 1.54) is 24.4 Å². The number of nitrogen functional groups attached to an aromatic ring is 1. The monoisotopic (exact) mass is 307 g/mol. The van der Waals surface area contributed by atoms with Crippen LogP contribution in [0, 0.1) is 11.8 Å². The summed E-state index contributed by atoms with van der Waals surface area (Å²) in [4.78, 5) is 17.7. The van der Waals surface area contributed by atoms with Crippen molar-refractivity contribution in [1.82, 2.24) is 4.90 Å². The van der Waals surface area contributed by atoms with Crippen LogP contribution in [0.4, 0.5) is 10.7 Å². The Hall–Kier alpha value is -1.07. The van der Waals surface area contributed by atoms with Crippen molar-refractivity contribution >= 4 is 27.8 Å². The highest BCUT2D eigenvalue weighted by atomic mass is 32.1. The molecule has 2 heterocycles. The maximum atomic E-state index is 12.2. The quantitative estimate of drug-likeness (QED) is 0.850. The molecule has 1 aromatic heterocycles. The maximum Gasteiger partial charge on any atom is 0.178 e. The second-order valence-electron chi connectivity index (χ2n) is 6.70. The molecule has 1 aliphatic carbocycles. The Balaban J connectivity index is 1.63. The molecule has 0 atom stereocenters. The van der Waals surface area contributed by atoms with Crippen molar-refractivity contribution in [2.24, 2.45) is 11.8 Å². The van der Waals surface area contributed by atoms with E-state index in [4.69, 9.17) is 5.73 Å². The lowest BCUT2D eigenvalue weighted by atomic mass is 9.96. The number of nitrogens with zero attached hydrogens (tertiary/aromatic N) is 2. The fourth-order valence-corrected chi connectivity index (χ4v) is 4.27. The number of hydrogen-bond donors (Lipinski definition) is 1. The van der Waals surface area contributed by atoms with Crippen molar-refractivity contribution in [3.63, 3.8) is 0 Å². The number of thiophene rings is 1. The van der Waals surface area contributed by atoms with E-state index >= 15 is 0 Å². The topological polar surface area (TPSA) is 49.6 Å². The molecule has 1 aromatic rings. The van der Waals surface area contributed by atoms with Crippen LogP contribution in [-0.4, -0.2) is 44.4 Å². The third kappa shape index (κ3) is 3.40. The molecule has 0 amide bonds. The van der Waals surface area contributed by atoms with E-state index in [1.54, 1.807) is 11.3 Å². The van der Waals surface area contributed by atoms with Crippen LogP contribution in [0.2, 0.25) is 0 Å². The number of nitrogens with two attached hydrogens (primary N) is 1. The molecule has 4 nitrogen and oxygen atoms in total. The average molecular weight is 307 g/mol. The number of carbonyl (C=O) groups is 1. The number of rotatable bonds is 5. The maximum absolute atomic E-state index is 12.2. The normalized spacial score (nSPS) is 20.2. The molecule has 3 rings (SSSR count). The molecule has 0 bridgehead atoms. The number of ketones is 1. The summed E-state index contributed by atoms with van der Waals surface area (Å²) in [6, 6.07) is 2.01. The molecular formula is C16H25N3OS. The lowest BCUT2D eigenvalue weighted by Crippen LogP contribution is -2.36. The summed E-state index contributed by atoms with van der Waals surface area (Å²) in [5.74, 6) is 1.32. The zero-order chi connectivity index (χ0) is 15.0. The summed E-state index contributed by atoms with van der Waals surface area (Å²) in [5, 5.41) is 1.18. The minimum absolute atomic E-state index is 0.254. The van der Waals surface area contributed by atoms with Gasteiger partial charge in [-0.15, -0.1) is 11.3 Å². The number of carbonyl (C=O) groups excluding carboxylic acids is 1. The van der Waals surface area contributed by atoms with Gasteiger partial charge in [-0.1, -0.05) is 0 Å². The molecule has 2 N–H and O–H groups in total. The largest absolute Gasteiger partial charge is 0.397 e. The molecule has 2 fully saturated rings. The van der Waals surface area contributed by atoms with Gasteiger partial charge in [0.25, 0.3) is 0 Å². The van der Waals surface area contributed by atoms with Crippen LogP contribution >= 0.6 is 11.3 Å².